The van der Waals surface area contributed by atoms with Gasteiger partial charge in [0.2, 0.25) is 0 Å². The van der Waals surface area contributed by atoms with Crippen molar-refractivity contribution in [2.75, 3.05) is 12.3 Å². The Morgan fingerprint density at radius 1 is 1.43 bits per heavy atom. The van der Waals surface area contributed by atoms with Crippen LogP contribution in [0.15, 0.2) is 23.2 Å². The molecule has 5 nitrogen and oxygen atoms in total. The minimum absolute atomic E-state index is 0.00322. The third-order valence-corrected chi connectivity index (χ3v) is 4.21. The minimum Gasteiger partial charge on any atom is -0.487 e. The molecule has 0 bridgehead atoms. The lowest BCUT2D eigenvalue weighted by molar-refractivity contribution is 0.0620. The predicted molar refractivity (Wildman–Crippen MR) is 82.3 cm³/mol. The Bertz CT molecular complexity index is 652. The van der Waals surface area contributed by atoms with E-state index in [2.05, 4.69) is 10.3 Å². The summed E-state index contributed by atoms with van der Waals surface area (Å²) in [4.78, 5) is 28.5. The number of fused-ring (bicyclic) bond motifs is 1. The van der Waals surface area contributed by atoms with Crippen LogP contribution in [0.4, 0.5) is 0 Å². The van der Waals surface area contributed by atoms with Crippen LogP contribution < -0.4 is 10.1 Å². The smallest absolute Gasteiger partial charge is 0.257 e. The zero-order valence-corrected chi connectivity index (χ0v) is 12.8. The third-order valence-electron chi connectivity index (χ3n) is 3.32. The van der Waals surface area contributed by atoms with E-state index in [1.165, 1.54) is 11.8 Å². The van der Waals surface area contributed by atoms with Gasteiger partial charge in [-0.15, -0.1) is 0 Å². The number of nitrogens with one attached hydrogen (secondary N) is 1. The Morgan fingerprint density at radius 2 is 2.24 bits per heavy atom. The zero-order valence-electron chi connectivity index (χ0n) is 11.9. The van der Waals surface area contributed by atoms with Crippen LogP contribution in [0.2, 0.25) is 0 Å². The summed E-state index contributed by atoms with van der Waals surface area (Å²) in [6.45, 7) is 4.49. The second kappa shape index (κ2) is 5.18. The molecule has 110 valence electrons. The Morgan fingerprint density at radius 3 is 2.95 bits per heavy atom. The molecule has 0 spiro atoms. The molecular formula is C15H16N2O3S. The molecule has 0 unspecified atom stereocenters. The maximum Gasteiger partial charge on any atom is 0.257 e. The van der Waals surface area contributed by atoms with Crippen molar-refractivity contribution >= 4 is 28.6 Å². The van der Waals surface area contributed by atoms with E-state index in [0.717, 1.165) is 12.3 Å². The summed E-state index contributed by atoms with van der Waals surface area (Å²) < 4.78 is 5.78. The van der Waals surface area contributed by atoms with Gasteiger partial charge in [0.15, 0.2) is 11.0 Å². The predicted octanol–water partition coefficient (Wildman–Crippen LogP) is 2.26. The van der Waals surface area contributed by atoms with Crippen LogP contribution in [-0.2, 0) is 0 Å². The first-order chi connectivity index (χ1) is 9.94. The number of thioether (sulfide) groups is 1. The second-order valence-electron chi connectivity index (χ2n) is 5.66. The largest absolute Gasteiger partial charge is 0.487 e. The van der Waals surface area contributed by atoms with Crippen LogP contribution in [0.1, 0.15) is 41.0 Å². The number of amidine groups is 1. The van der Waals surface area contributed by atoms with Gasteiger partial charge in [-0.3, -0.25) is 14.6 Å². The molecule has 0 atom stereocenters. The van der Waals surface area contributed by atoms with E-state index in [0.29, 0.717) is 28.5 Å². The average molecular weight is 304 g/mol. The average Bonchev–Trinajstić information content (AvgIpc) is 2.90. The highest BCUT2D eigenvalue weighted by Crippen LogP contribution is 2.33. The molecule has 1 aromatic rings. The number of aliphatic imine (C=N–C) groups is 1. The number of Topliss-reactive ketones (excluding diaryl/α,β-unsaturated/α-hetero) is 1. The molecule has 0 radical (unpaired) electrons. The number of carbonyl (C=O) groups excluding carboxylic acids is 2. The van der Waals surface area contributed by atoms with Crippen LogP contribution in [0.25, 0.3) is 0 Å². The summed E-state index contributed by atoms with van der Waals surface area (Å²) in [5.41, 5.74) is 0.423. The van der Waals surface area contributed by atoms with Gasteiger partial charge in [-0.2, -0.15) is 0 Å². The molecule has 0 saturated heterocycles. The Balaban J connectivity index is 1.84. The Kier molecular flexibility index (Phi) is 3.49. The van der Waals surface area contributed by atoms with E-state index in [1.54, 1.807) is 18.2 Å². The van der Waals surface area contributed by atoms with Gasteiger partial charge < -0.3 is 10.1 Å². The Labute approximate surface area is 127 Å². The van der Waals surface area contributed by atoms with Gasteiger partial charge in [-0.05, 0) is 32.0 Å². The van der Waals surface area contributed by atoms with Crippen molar-refractivity contribution in [3.8, 4) is 5.75 Å². The normalized spacial score (nSPS) is 19.5. The summed E-state index contributed by atoms with van der Waals surface area (Å²) >= 11 is 1.52. The highest BCUT2D eigenvalue weighted by Gasteiger charge is 2.32. The summed E-state index contributed by atoms with van der Waals surface area (Å²) in [7, 11) is 0. The van der Waals surface area contributed by atoms with E-state index in [1.807, 2.05) is 13.8 Å². The number of ether oxygens (including phenoxy) is 1. The molecule has 0 aliphatic carbocycles. The number of amides is 1. The monoisotopic (exact) mass is 304 g/mol. The first kappa shape index (κ1) is 14.1. The van der Waals surface area contributed by atoms with Crippen LogP contribution in [-0.4, -0.2) is 34.8 Å². The summed E-state index contributed by atoms with van der Waals surface area (Å²) in [5.74, 6) is 1.19. The molecule has 2 aliphatic rings. The molecule has 1 aromatic carbocycles. The van der Waals surface area contributed by atoms with Gasteiger partial charge in [-0.1, -0.05) is 11.8 Å². The van der Waals surface area contributed by atoms with Crippen LogP contribution >= 0.6 is 11.8 Å². The van der Waals surface area contributed by atoms with Crippen molar-refractivity contribution in [3.63, 3.8) is 0 Å². The Hall–Kier alpha value is -1.82. The molecule has 1 amide bonds. The third kappa shape index (κ3) is 2.95. The lowest BCUT2D eigenvalue weighted by Gasteiger charge is -2.31. The molecule has 21 heavy (non-hydrogen) atoms. The van der Waals surface area contributed by atoms with Gasteiger partial charge in [0.05, 0.1) is 18.5 Å². The van der Waals surface area contributed by atoms with Gasteiger partial charge in [0, 0.05) is 11.3 Å². The first-order valence-electron chi connectivity index (χ1n) is 6.79. The highest BCUT2D eigenvalue weighted by atomic mass is 32.2. The molecule has 6 heteroatoms. The first-order valence-corrected chi connectivity index (χ1v) is 7.78. The van der Waals surface area contributed by atoms with Crippen LogP contribution in [0.5, 0.6) is 5.75 Å². The van der Waals surface area contributed by atoms with Gasteiger partial charge >= 0.3 is 0 Å². The lowest BCUT2D eigenvalue weighted by Crippen LogP contribution is -2.36. The SMILES string of the molecule is CC1(C)CC(=O)c2cc(C(=O)NC3=NCCS3)ccc2O1. The molecule has 2 aliphatic heterocycles. The molecule has 0 saturated carbocycles. The zero-order chi connectivity index (χ0) is 15.0. The molecule has 2 heterocycles. The minimum atomic E-state index is -0.497. The molecule has 3 rings (SSSR count). The standard InChI is InChI=1S/C15H16N2O3S/c1-15(2)8-11(18)10-7-9(3-4-12(10)20-15)13(19)17-14-16-5-6-21-14/h3-4,7H,5-6,8H2,1-2H3,(H,16,17,19). The quantitative estimate of drug-likeness (QED) is 0.864. The van der Waals surface area contributed by atoms with E-state index in [-0.39, 0.29) is 11.7 Å². The number of hydrogen-bond acceptors (Lipinski definition) is 5. The van der Waals surface area contributed by atoms with Crippen LogP contribution in [0.3, 0.4) is 0 Å². The van der Waals surface area contributed by atoms with Crippen molar-refractivity contribution in [3.05, 3.63) is 29.3 Å². The fourth-order valence-electron chi connectivity index (χ4n) is 2.37. The number of ketones is 1. The topological polar surface area (TPSA) is 67.8 Å². The van der Waals surface area contributed by atoms with Crippen molar-refractivity contribution in [2.45, 2.75) is 25.9 Å². The fourth-order valence-corrected chi connectivity index (χ4v) is 3.10. The van der Waals surface area contributed by atoms with Crippen molar-refractivity contribution in [1.29, 1.82) is 0 Å². The highest BCUT2D eigenvalue weighted by molar-refractivity contribution is 8.14. The second-order valence-corrected chi connectivity index (χ2v) is 6.75. The maximum atomic E-state index is 12.2. The van der Waals surface area contributed by atoms with Crippen LogP contribution in [0, 0.1) is 0 Å². The number of hydrogen-bond donors (Lipinski definition) is 1. The van der Waals surface area contributed by atoms with Gasteiger partial charge in [-0.25, -0.2) is 0 Å². The van der Waals surface area contributed by atoms with E-state index in [4.69, 9.17) is 4.74 Å². The molecule has 0 fully saturated rings. The van der Waals surface area contributed by atoms with E-state index < -0.39 is 5.60 Å². The lowest BCUT2D eigenvalue weighted by atomic mass is 9.92. The molecule has 1 N–H and O–H groups in total. The maximum absolute atomic E-state index is 12.2. The van der Waals surface area contributed by atoms with E-state index >= 15 is 0 Å². The summed E-state index contributed by atoms with van der Waals surface area (Å²) in [6, 6.07) is 4.96. The number of rotatable bonds is 1. The van der Waals surface area contributed by atoms with Gasteiger partial charge in [0.1, 0.15) is 11.4 Å². The summed E-state index contributed by atoms with van der Waals surface area (Å²) in [6.07, 6.45) is 0.313. The molecule has 0 aromatic heterocycles. The number of nitrogens with zero attached hydrogens (tertiary/aromatic N) is 1. The summed E-state index contributed by atoms with van der Waals surface area (Å²) in [5, 5.41) is 3.40. The van der Waals surface area contributed by atoms with Crippen molar-refractivity contribution in [2.24, 2.45) is 4.99 Å². The van der Waals surface area contributed by atoms with Gasteiger partial charge in [0.25, 0.3) is 5.91 Å². The number of carbonyl (C=O) groups is 2. The van der Waals surface area contributed by atoms with E-state index in [9.17, 15) is 9.59 Å². The fraction of sp³-hybridized carbons (Fsp3) is 0.400. The molecular weight excluding hydrogens is 288 g/mol. The van der Waals surface area contributed by atoms with Crippen molar-refractivity contribution < 1.29 is 14.3 Å². The number of benzene rings is 1. The van der Waals surface area contributed by atoms with Crippen molar-refractivity contribution in [1.82, 2.24) is 5.32 Å².